The molecule has 2 aromatic rings. The number of hydrogen-bond donors (Lipinski definition) is 2. The zero-order valence-electron chi connectivity index (χ0n) is 11.5. The van der Waals surface area contributed by atoms with Gasteiger partial charge in [-0.15, -0.1) is 0 Å². The molecule has 1 heterocycles. The van der Waals surface area contributed by atoms with E-state index in [0.717, 1.165) is 17.7 Å². The Morgan fingerprint density at radius 2 is 2.05 bits per heavy atom. The zero-order chi connectivity index (χ0) is 15.0. The predicted molar refractivity (Wildman–Crippen MR) is 82.9 cm³/mol. The van der Waals surface area contributed by atoms with Crippen LogP contribution in [0.1, 0.15) is 24.1 Å². The maximum absolute atomic E-state index is 11.6. The largest absolute Gasteiger partial charge is 0.455 e. The molecule has 0 bridgehead atoms. The number of fused-ring (bicyclic) bond motifs is 1. The van der Waals surface area contributed by atoms with Crippen molar-refractivity contribution in [2.75, 3.05) is 5.32 Å². The number of carbonyl (C=O) groups excluding carboxylic acids is 1. The van der Waals surface area contributed by atoms with Crippen molar-refractivity contribution in [3.05, 3.63) is 52.5 Å². The number of benzene rings is 2. The third kappa shape index (κ3) is 2.48. The summed E-state index contributed by atoms with van der Waals surface area (Å²) >= 11 is 6.25. The highest BCUT2D eigenvalue weighted by Crippen LogP contribution is 2.39. The van der Waals surface area contributed by atoms with Gasteiger partial charge in [-0.3, -0.25) is 4.79 Å². The van der Waals surface area contributed by atoms with Crippen molar-refractivity contribution in [3.63, 3.8) is 0 Å². The molecule has 0 saturated heterocycles. The number of carbonyl (C=O) groups is 1. The van der Waals surface area contributed by atoms with Crippen LogP contribution < -0.4 is 15.8 Å². The lowest BCUT2D eigenvalue weighted by atomic mass is 10.1. The average molecular weight is 303 g/mol. The fourth-order valence-electron chi connectivity index (χ4n) is 2.38. The molecule has 5 heteroatoms. The van der Waals surface area contributed by atoms with E-state index in [2.05, 4.69) is 12.2 Å². The highest BCUT2D eigenvalue weighted by Gasteiger charge is 2.28. The molecule has 1 aliphatic heterocycles. The fraction of sp³-hybridized carbons (Fsp3) is 0.188. The van der Waals surface area contributed by atoms with Crippen LogP contribution in [0.25, 0.3) is 0 Å². The van der Waals surface area contributed by atoms with Crippen molar-refractivity contribution in [2.45, 2.75) is 19.4 Å². The first kappa shape index (κ1) is 13.9. The molecule has 3 rings (SSSR count). The number of rotatable bonds is 3. The number of hydrogen-bond acceptors (Lipinski definition) is 3. The van der Waals surface area contributed by atoms with Crippen LogP contribution in [0.5, 0.6) is 11.5 Å². The Hall–Kier alpha value is -2.04. The molecule has 0 spiro atoms. The van der Waals surface area contributed by atoms with Crippen molar-refractivity contribution < 1.29 is 9.53 Å². The van der Waals surface area contributed by atoms with E-state index in [4.69, 9.17) is 22.1 Å². The normalized spacial score (nSPS) is 16.5. The van der Waals surface area contributed by atoms with Gasteiger partial charge in [-0.25, -0.2) is 0 Å². The smallest absolute Gasteiger partial charge is 0.245 e. The number of para-hydroxylation sites is 1. The number of halogens is 1. The van der Waals surface area contributed by atoms with Crippen molar-refractivity contribution in [3.8, 4) is 11.5 Å². The van der Waals surface area contributed by atoms with Gasteiger partial charge in [0.25, 0.3) is 0 Å². The second-order valence-corrected chi connectivity index (χ2v) is 5.31. The molecular weight excluding hydrogens is 288 g/mol. The maximum atomic E-state index is 11.6. The first-order chi connectivity index (χ1) is 10.1. The second kappa shape index (κ2) is 5.39. The molecule has 0 radical (unpaired) electrons. The maximum Gasteiger partial charge on any atom is 0.245 e. The van der Waals surface area contributed by atoms with Crippen LogP contribution in [0, 0.1) is 0 Å². The van der Waals surface area contributed by atoms with Crippen LogP contribution in [0.3, 0.4) is 0 Å². The Bertz CT molecular complexity index is 715. The Morgan fingerprint density at radius 1 is 1.29 bits per heavy atom. The summed E-state index contributed by atoms with van der Waals surface area (Å²) < 4.78 is 5.90. The summed E-state index contributed by atoms with van der Waals surface area (Å²) in [7, 11) is 0. The summed E-state index contributed by atoms with van der Waals surface area (Å²) in [6, 6.07) is 10.5. The average Bonchev–Trinajstić information content (AvgIpc) is 2.75. The lowest BCUT2D eigenvalue weighted by molar-refractivity contribution is -0.116. The lowest BCUT2D eigenvalue weighted by Gasteiger charge is -2.12. The van der Waals surface area contributed by atoms with Crippen molar-refractivity contribution in [2.24, 2.45) is 5.73 Å². The monoisotopic (exact) mass is 302 g/mol. The zero-order valence-corrected chi connectivity index (χ0v) is 12.3. The minimum atomic E-state index is -0.672. The molecule has 108 valence electrons. The molecule has 4 nitrogen and oxygen atoms in total. The van der Waals surface area contributed by atoms with E-state index < -0.39 is 6.04 Å². The van der Waals surface area contributed by atoms with Gasteiger partial charge < -0.3 is 15.8 Å². The SMILES string of the molecule is CCc1ccccc1Oc1cc2c(cc1Cl)C(N)C(=O)N2. The summed E-state index contributed by atoms with van der Waals surface area (Å²) in [6.45, 7) is 2.06. The van der Waals surface area contributed by atoms with Gasteiger partial charge >= 0.3 is 0 Å². The van der Waals surface area contributed by atoms with E-state index in [1.807, 2.05) is 24.3 Å². The molecule has 1 aliphatic rings. The van der Waals surface area contributed by atoms with Crippen LogP contribution in [-0.4, -0.2) is 5.91 Å². The van der Waals surface area contributed by atoms with E-state index in [1.54, 1.807) is 12.1 Å². The Labute approximate surface area is 127 Å². The number of nitrogens with two attached hydrogens (primary N) is 1. The first-order valence-electron chi connectivity index (χ1n) is 6.75. The summed E-state index contributed by atoms with van der Waals surface area (Å²) in [5, 5.41) is 3.16. The summed E-state index contributed by atoms with van der Waals surface area (Å²) in [5.41, 5.74) is 8.24. The molecule has 0 aliphatic carbocycles. The molecule has 1 atom stereocenters. The topological polar surface area (TPSA) is 64.3 Å². The van der Waals surface area contributed by atoms with E-state index in [1.165, 1.54) is 0 Å². The predicted octanol–water partition coefficient (Wildman–Crippen LogP) is 3.65. The van der Waals surface area contributed by atoms with Gasteiger partial charge in [0.05, 0.1) is 5.02 Å². The van der Waals surface area contributed by atoms with Gasteiger partial charge in [0, 0.05) is 17.3 Å². The van der Waals surface area contributed by atoms with E-state index in [-0.39, 0.29) is 5.91 Å². The van der Waals surface area contributed by atoms with Crippen molar-refractivity contribution >= 4 is 23.2 Å². The third-order valence-corrected chi connectivity index (χ3v) is 3.85. The van der Waals surface area contributed by atoms with Crippen LogP contribution in [-0.2, 0) is 11.2 Å². The summed E-state index contributed by atoms with van der Waals surface area (Å²) in [4.78, 5) is 11.6. The fourth-order valence-corrected chi connectivity index (χ4v) is 2.59. The van der Waals surface area contributed by atoms with Crippen LogP contribution in [0.2, 0.25) is 5.02 Å². The van der Waals surface area contributed by atoms with Gasteiger partial charge in [-0.2, -0.15) is 0 Å². The van der Waals surface area contributed by atoms with Gasteiger partial charge in [0.15, 0.2) is 0 Å². The van der Waals surface area contributed by atoms with Gasteiger partial charge in [0.2, 0.25) is 5.91 Å². The highest BCUT2D eigenvalue weighted by molar-refractivity contribution is 6.32. The molecule has 0 saturated carbocycles. The van der Waals surface area contributed by atoms with Crippen LogP contribution >= 0.6 is 11.6 Å². The molecule has 3 N–H and O–H groups in total. The number of nitrogens with one attached hydrogen (secondary N) is 1. The molecule has 0 aromatic heterocycles. The standard InChI is InChI=1S/C16H15ClN2O2/c1-2-9-5-3-4-6-13(9)21-14-8-12-10(7-11(14)17)15(18)16(20)19-12/h3-8,15H,2,18H2,1H3,(H,19,20). The third-order valence-electron chi connectivity index (χ3n) is 3.55. The molecule has 2 aromatic carbocycles. The Balaban J connectivity index is 1.98. The first-order valence-corrected chi connectivity index (χ1v) is 7.13. The molecule has 1 amide bonds. The van der Waals surface area contributed by atoms with Crippen molar-refractivity contribution in [1.82, 2.24) is 0 Å². The number of anilines is 1. The summed E-state index contributed by atoms with van der Waals surface area (Å²) in [5.74, 6) is 1.04. The lowest BCUT2D eigenvalue weighted by Crippen LogP contribution is -2.19. The Morgan fingerprint density at radius 3 is 2.81 bits per heavy atom. The van der Waals surface area contributed by atoms with E-state index in [0.29, 0.717) is 22.0 Å². The van der Waals surface area contributed by atoms with Gasteiger partial charge in [0.1, 0.15) is 17.5 Å². The van der Waals surface area contributed by atoms with Crippen LogP contribution in [0.15, 0.2) is 36.4 Å². The van der Waals surface area contributed by atoms with Crippen LogP contribution in [0.4, 0.5) is 5.69 Å². The number of ether oxygens (including phenoxy) is 1. The van der Waals surface area contributed by atoms with Gasteiger partial charge in [-0.05, 0) is 24.1 Å². The highest BCUT2D eigenvalue weighted by atomic mass is 35.5. The Kier molecular flexibility index (Phi) is 3.57. The van der Waals surface area contributed by atoms with Gasteiger partial charge in [-0.1, -0.05) is 36.7 Å². The quantitative estimate of drug-likeness (QED) is 0.909. The number of amides is 1. The van der Waals surface area contributed by atoms with E-state index in [9.17, 15) is 4.79 Å². The molecule has 0 fully saturated rings. The molecule has 21 heavy (non-hydrogen) atoms. The molecule has 1 unspecified atom stereocenters. The molecular formula is C16H15ClN2O2. The second-order valence-electron chi connectivity index (χ2n) is 4.90. The van der Waals surface area contributed by atoms with E-state index >= 15 is 0 Å². The minimum Gasteiger partial charge on any atom is -0.455 e. The number of aryl methyl sites for hydroxylation is 1. The minimum absolute atomic E-state index is 0.229. The van der Waals surface area contributed by atoms with Crippen molar-refractivity contribution in [1.29, 1.82) is 0 Å². The summed E-state index contributed by atoms with van der Waals surface area (Å²) in [6.07, 6.45) is 0.861.